The van der Waals surface area contributed by atoms with Crippen LogP contribution in [0.3, 0.4) is 0 Å². The number of carboxylic acids is 1. The van der Waals surface area contributed by atoms with Gasteiger partial charge in [-0.1, -0.05) is 18.2 Å². The van der Waals surface area contributed by atoms with E-state index in [2.05, 4.69) is 11.1 Å². The van der Waals surface area contributed by atoms with Crippen molar-refractivity contribution in [2.75, 3.05) is 13.1 Å². The summed E-state index contributed by atoms with van der Waals surface area (Å²) in [6.45, 7) is 3.27. The highest BCUT2D eigenvalue weighted by Gasteiger charge is 2.22. The quantitative estimate of drug-likeness (QED) is 0.929. The van der Waals surface area contributed by atoms with Gasteiger partial charge in [0.1, 0.15) is 0 Å². The Morgan fingerprint density at radius 3 is 2.68 bits per heavy atom. The number of carbonyl (C=O) groups excluding carboxylic acids is 1. The van der Waals surface area contributed by atoms with E-state index in [-0.39, 0.29) is 11.5 Å². The fourth-order valence-electron chi connectivity index (χ4n) is 3.46. The summed E-state index contributed by atoms with van der Waals surface area (Å²) >= 11 is 0. The number of carboxylic acid groups (broad SMARTS) is 1. The summed E-state index contributed by atoms with van der Waals surface area (Å²) in [5, 5.41) is 9.04. The third kappa shape index (κ3) is 4.05. The van der Waals surface area contributed by atoms with Crippen LogP contribution in [0.1, 0.15) is 35.7 Å². The maximum Gasteiger partial charge on any atom is 0.335 e. The molecule has 1 aromatic carbocycles. The fourth-order valence-corrected chi connectivity index (χ4v) is 3.46. The number of pyridine rings is 1. The van der Waals surface area contributed by atoms with Gasteiger partial charge in [-0.3, -0.25) is 9.78 Å². The van der Waals surface area contributed by atoms with Gasteiger partial charge in [0.15, 0.2) is 0 Å². The van der Waals surface area contributed by atoms with Crippen molar-refractivity contribution in [3.05, 3.63) is 53.7 Å². The molecule has 1 aliphatic heterocycles. The van der Waals surface area contributed by atoms with Gasteiger partial charge in [0.2, 0.25) is 5.91 Å². The normalized spacial score (nSPS) is 17.3. The first-order valence-electron chi connectivity index (χ1n) is 8.57. The summed E-state index contributed by atoms with van der Waals surface area (Å²) in [5.41, 5.74) is 3.21. The molecule has 0 bridgehead atoms. The van der Waals surface area contributed by atoms with Crippen LogP contribution in [0.15, 0.2) is 42.6 Å². The minimum absolute atomic E-state index is 0.139. The Morgan fingerprint density at radius 2 is 2.00 bits per heavy atom. The Balaban J connectivity index is 1.81. The average Bonchev–Trinajstić information content (AvgIpc) is 2.62. The predicted octanol–water partition coefficient (Wildman–Crippen LogP) is 3.25. The first-order valence-corrected chi connectivity index (χ1v) is 8.57. The maximum absolute atomic E-state index is 11.6. The van der Waals surface area contributed by atoms with E-state index in [1.54, 1.807) is 37.4 Å². The van der Waals surface area contributed by atoms with Crippen LogP contribution in [-0.2, 0) is 11.2 Å². The first kappa shape index (κ1) is 17.1. The molecule has 0 radical (unpaired) electrons. The Bertz CT molecular complexity index is 771. The second-order valence-corrected chi connectivity index (χ2v) is 6.57. The van der Waals surface area contributed by atoms with Gasteiger partial charge in [0, 0.05) is 31.8 Å². The number of hydrogen-bond donors (Lipinski definition) is 1. The maximum atomic E-state index is 11.6. The molecule has 1 atom stereocenters. The van der Waals surface area contributed by atoms with E-state index < -0.39 is 5.97 Å². The van der Waals surface area contributed by atoms with Crippen LogP contribution >= 0.6 is 0 Å². The Morgan fingerprint density at radius 1 is 1.24 bits per heavy atom. The summed E-state index contributed by atoms with van der Waals surface area (Å²) in [6, 6.07) is 10.8. The minimum Gasteiger partial charge on any atom is -0.478 e. The first-order chi connectivity index (χ1) is 12.0. The molecule has 2 heterocycles. The number of aromatic nitrogens is 1. The van der Waals surface area contributed by atoms with Gasteiger partial charge in [0.05, 0.1) is 11.3 Å². The average molecular weight is 338 g/mol. The van der Waals surface area contributed by atoms with Crippen LogP contribution in [0.5, 0.6) is 0 Å². The van der Waals surface area contributed by atoms with E-state index in [1.807, 2.05) is 11.0 Å². The van der Waals surface area contributed by atoms with Crippen molar-refractivity contribution in [1.29, 1.82) is 0 Å². The van der Waals surface area contributed by atoms with Gasteiger partial charge >= 0.3 is 5.97 Å². The molecule has 130 valence electrons. The third-order valence-corrected chi connectivity index (χ3v) is 4.77. The standard InChI is InChI=1S/C20H22N2O3/c1-14(23)22-11-3-4-15(13-22)12-18-5-2-10-21-19(18)16-6-8-17(9-7-16)20(24)25/h2,5-10,15H,3-4,11-13H2,1H3,(H,24,25)/t15-/m0/s1. The molecule has 0 aliphatic carbocycles. The lowest BCUT2D eigenvalue weighted by Gasteiger charge is -2.32. The molecule has 1 fully saturated rings. The Labute approximate surface area is 147 Å². The molecule has 1 saturated heterocycles. The van der Waals surface area contributed by atoms with Gasteiger partial charge in [-0.05, 0) is 48.9 Å². The Kier molecular flexibility index (Phi) is 5.12. The van der Waals surface area contributed by atoms with Crippen molar-refractivity contribution in [2.45, 2.75) is 26.2 Å². The van der Waals surface area contributed by atoms with Crippen molar-refractivity contribution in [1.82, 2.24) is 9.88 Å². The van der Waals surface area contributed by atoms with Crippen LogP contribution in [0.2, 0.25) is 0 Å². The van der Waals surface area contributed by atoms with Crippen molar-refractivity contribution < 1.29 is 14.7 Å². The molecule has 3 rings (SSSR count). The van der Waals surface area contributed by atoms with E-state index in [4.69, 9.17) is 5.11 Å². The molecule has 1 aliphatic rings. The fraction of sp³-hybridized carbons (Fsp3) is 0.350. The molecule has 0 saturated carbocycles. The van der Waals surface area contributed by atoms with Crippen molar-refractivity contribution >= 4 is 11.9 Å². The van der Waals surface area contributed by atoms with E-state index >= 15 is 0 Å². The monoisotopic (exact) mass is 338 g/mol. The zero-order chi connectivity index (χ0) is 17.8. The number of likely N-dealkylation sites (tertiary alicyclic amines) is 1. The zero-order valence-corrected chi connectivity index (χ0v) is 14.3. The van der Waals surface area contributed by atoms with Crippen LogP contribution in [-0.4, -0.2) is 40.0 Å². The topological polar surface area (TPSA) is 70.5 Å². The molecule has 5 heteroatoms. The number of hydrogen-bond acceptors (Lipinski definition) is 3. The highest BCUT2D eigenvalue weighted by atomic mass is 16.4. The second-order valence-electron chi connectivity index (χ2n) is 6.57. The molecular weight excluding hydrogens is 316 g/mol. The van der Waals surface area contributed by atoms with Crippen molar-refractivity contribution in [2.24, 2.45) is 5.92 Å². The van der Waals surface area contributed by atoms with E-state index in [0.29, 0.717) is 5.92 Å². The molecule has 0 spiro atoms. The summed E-state index contributed by atoms with van der Waals surface area (Å²) in [6.07, 6.45) is 4.77. The van der Waals surface area contributed by atoms with Gasteiger partial charge in [0.25, 0.3) is 0 Å². The van der Waals surface area contributed by atoms with Crippen LogP contribution in [0.25, 0.3) is 11.3 Å². The van der Waals surface area contributed by atoms with Crippen LogP contribution < -0.4 is 0 Å². The predicted molar refractivity (Wildman–Crippen MR) is 95.3 cm³/mol. The largest absolute Gasteiger partial charge is 0.478 e. The number of carbonyl (C=O) groups is 2. The second kappa shape index (κ2) is 7.47. The number of aromatic carboxylic acids is 1. The highest BCUT2D eigenvalue weighted by molar-refractivity contribution is 5.88. The summed E-state index contributed by atoms with van der Waals surface area (Å²) in [7, 11) is 0. The highest BCUT2D eigenvalue weighted by Crippen LogP contribution is 2.27. The smallest absolute Gasteiger partial charge is 0.335 e. The number of amides is 1. The molecule has 5 nitrogen and oxygen atoms in total. The van der Waals surface area contributed by atoms with Gasteiger partial charge in [-0.2, -0.15) is 0 Å². The SMILES string of the molecule is CC(=O)N1CCC[C@@H](Cc2cccnc2-c2ccc(C(=O)O)cc2)C1. The van der Waals surface area contributed by atoms with Crippen molar-refractivity contribution in [3.63, 3.8) is 0 Å². The van der Waals surface area contributed by atoms with E-state index in [9.17, 15) is 9.59 Å². The van der Waals surface area contributed by atoms with Crippen LogP contribution in [0.4, 0.5) is 0 Å². The van der Waals surface area contributed by atoms with E-state index in [1.165, 1.54) is 0 Å². The lowest BCUT2D eigenvalue weighted by atomic mass is 9.89. The Hall–Kier alpha value is -2.69. The number of piperidine rings is 1. The summed E-state index contributed by atoms with van der Waals surface area (Å²) < 4.78 is 0. The number of nitrogens with zero attached hydrogens (tertiary/aromatic N) is 2. The summed E-state index contributed by atoms with van der Waals surface area (Å²) in [4.78, 5) is 29.1. The van der Waals surface area contributed by atoms with E-state index in [0.717, 1.165) is 49.2 Å². The lowest BCUT2D eigenvalue weighted by molar-refractivity contribution is -0.130. The lowest BCUT2D eigenvalue weighted by Crippen LogP contribution is -2.39. The molecular formula is C20H22N2O3. The molecule has 1 aromatic heterocycles. The molecule has 1 N–H and O–H groups in total. The molecule has 1 amide bonds. The molecule has 0 unspecified atom stereocenters. The van der Waals surface area contributed by atoms with Crippen LogP contribution in [0, 0.1) is 5.92 Å². The summed E-state index contributed by atoms with van der Waals surface area (Å²) in [5.74, 6) is -0.362. The number of rotatable bonds is 4. The van der Waals surface area contributed by atoms with Gasteiger partial charge in [-0.15, -0.1) is 0 Å². The van der Waals surface area contributed by atoms with Crippen molar-refractivity contribution in [3.8, 4) is 11.3 Å². The molecule has 25 heavy (non-hydrogen) atoms. The van der Waals surface area contributed by atoms with Gasteiger partial charge < -0.3 is 10.0 Å². The minimum atomic E-state index is -0.931. The molecule has 2 aromatic rings. The van der Waals surface area contributed by atoms with Gasteiger partial charge in [-0.25, -0.2) is 4.79 Å². The zero-order valence-electron chi connectivity index (χ0n) is 14.3. The third-order valence-electron chi connectivity index (χ3n) is 4.77. The number of benzene rings is 1.